The van der Waals surface area contributed by atoms with Crippen LogP contribution in [0.2, 0.25) is 0 Å². The zero-order valence-electron chi connectivity index (χ0n) is 10.1. The first kappa shape index (κ1) is 13.9. The fourth-order valence-electron chi connectivity index (χ4n) is 1.34. The topological polar surface area (TPSA) is 56.1 Å². The highest BCUT2D eigenvalue weighted by molar-refractivity contribution is 5.76. The fourth-order valence-corrected chi connectivity index (χ4v) is 1.34. The van der Waals surface area contributed by atoms with Crippen molar-refractivity contribution in [3.05, 3.63) is 0 Å². The standard InChI is InChI=1S/C11H21N3O/c1-5-13-9(2)8-11(15)14(4)10(3)6-7-12/h9-10,13H,5-6,8H2,1-4H3. The van der Waals surface area contributed by atoms with Crippen LogP contribution < -0.4 is 5.32 Å². The van der Waals surface area contributed by atoms with Gasteiger partial charge in [0.05, 0.1) is 12.5 Å². The Morgan fingerprint density at radius 1 is 1.53 bits per heavy atom. The number of nitrogens with one attached hydrogen (secondary N) is 1. The largest absolute Gasteiger partial charge is 0.342 e. The van der Waals surface area contributed by atoms with E-state index in [0.29, 0.717) is 12.8 Å². The Morgan fingerprint density at radius 3 is 2.60 bits per heavy atom. The number of rotatable bonds is 6. The molecule has 0 spiro atoms. The van der Waals surface area contributed by atoms with E-state index in [1.54, 1.807) is 11.9 Å². The first-order chi connectivity index (χ1) is 7.02. The van der Waals surface area contributed by atoms with Crippen LogP contribution in [0.4, 0.5) is 0 Å². The average Bonchev–Trinajstić information content (AvgIpc) is 2.17. The highest BCUT2D eigenvalue weighted by Gasteiger charge is 2.17. The summed E-state index contributed by atoms with van der Waals surface area (Å²) in [6.07, 6.45) is 0.873. The third-order valence-electron chi connectivity index (χ3n) is 2.47. The van der Waals surface area contributed by atoms with Gasteiger partial charge in [0.1, 0.15) is 0 Å². The van der Waals surface area contributed by atoms with Crippen LogP contribution in [0.5, 0.6) is 0 Å². The molecule has 4 nitrogen and oxygen atoms in total. The Kier molecular flexibility index (Phi) is 6.72. The monoisotopic (exact) mass is 211 g/mol. The summed E-state index contributed by atoms with van der Waals surface area (Å²) >= 11 is 0. The van der Waals surface area contributed by atoms with Crippen LogP contribution >= 0.6 is 0 Å². The smallest absolute Gasteiger partial charge is 0.224 e. The SMILES string of the molecule is CCNC(C)CC(=O)N(C)C(C)CC#N. The summed E-state index contributed by atoms with van der Waals surface area (Å²) in [5.41, 5.74) is 0. The van der Waals surface area contributed by atoms with Crippen molar-refractivity contribution in [2.75, 3.05) is 13.6 Å². The molecule has 0 aliphatic heterocycles. The number of amides is 1. The second-order valence-electron chi connectivity index (χ2n) is 3.88. The molecule has 0 aliphatic carbocycles. The summed E-state index contributed by atoms with van der Waals surface area (Å²) in [6, 6.07) is 2.26. The zero-order chi connectivity index (χ0) is 11.8. The van der Waals surface area contributed by atoms with Crippen molar-refractivity contribution >= 4 is 5.91 Å². The molecule has 0 heterocycles. The molecule has 0 rings (SSSR count). The molecule has 0 saturated heterocycles. The second-order valence-corrected chi connectivity index (χ2v) is 3.88. The van der Waals surface area contributed by atoms with Gasteiger partial charge in [-0.05, 0) is 20.4 Å². The molecule has 0 bridgehead atoms. The van der Waals surface area contributed by atoms with E-state index in [-0.39, 0.29) is 18.0 Å². The van der Waals surface area contributed by atoms with E-state index in [1.165, 1.54) is 0 Å². The molecule has 1 amide bonds. The van der Waals surface area contributed by atoms with Gasteiger partial charge < -0.3 is 10.2 Å². The maximum absolute atomic E-state index is 11.7. The molecular weight excluding hydrogens is 190 g/mol. The molecule has 0 fully saturated rings. The molecule has 0 aromatic rings. The highest BCUT2D eigenvalue weighted by Crippen LogP contribution is 2.04. The van der Waals surface area contributed by atoms with Crippen LogP contribution in [0.3, 0.4) is 0 Å². The van der Waals surface area contributed by atoms with Gasteiger partial charge in [0.25, 0.3) is 0 Å². The van der Waals surface area contributed by atoms with Crippen molar-refractivity contribution in [2.24, 2.45) is 0 Å². The number of nitrogens with zero attached hydrogens (tertiary/aromatic N) is 2. The van der Waals surface area contributed by atoms with Crippen LogP contribution in [0.25, 0.3) is 0 Å². The number of hydrogen-bond donors (Lipinski definition) is 1. The summed E-state index contributed by atoms with van der Waals surface area (Å²) in [7, 11) is 1.75. The quantitative estimate of drug-likeness (QED) is 0.716. The Hall–Kier alpha value is -1.08. The van der Waals surface area contributed by atoms with Gasteiger partial charge in [-0.2, -0.15) is 5.26 Å². The first-order valence-electron chi connectivity index (χ1n) is 5.38. The van der Waals surface area contributed by atoms with E-state index in [0.717, 1.165) is 6.54 Å². The number of nitriles is 1. The molecule has 0 saturated carbocycles. The van der Waals surface area contributed by atoms with Crippen LogP contribution in [0.1, 0.15) is 33.6 Å². The lowest BCUT2D eigenvalue weighted by molar-refractivity contribution is -0.132. The lowest BCUT2D eigenvalue weighted by Gasteiger charge is -2.24. The van der Waals surface area contributed by atoms with Crippen molar-refractivity contribution < 1.29 is 4.79 Å². The minimum Gasteiger partial charge on any atom is -0.342 e. The second kappa shape index (κ2) is 7.24. The molecule has 2 atom stereocenters. The van der Waals surface area contributed by atoms with E-state index in [1.807, 2.05) is 20.8 Å². The third kappa shape index (κ3) is 5.38. The van der Waals surface area contributed by atoms with Gasteiger partial charge in [0.15, 0.2) is 0 Å². The van der Waals surface area contributed by atoms with Gasteiger partial charge in [0.2, 0.25) is 5.91 Å². The highest BCUT2D eigenvalue weighted by atomic mass is 16.2. The molecule has 4 heteroatoms. The minimum atomic E-state index is -0.00340. The van der Waals surface area contributed by atoms with Crippen molar-refractivity contribution in [1.82, 2.24) is 10.2 Å². The summed E-state index contributed by atoms with van der Waals surface area (Å²) in [6.45, 7) is 6.76. The molecule has 86 valence electrons. The predicted octanol–water partition coefficient (Wildman–Crippen LogP) is 1.14. The Morgan fingerprint density at radius 2 is 2.13 bits per heavy atom. The lowest BCUT2D eigenvalue weighted by atomic mass is 10.1. The van der Waals surface area contributed by atoms with E-state index in [9.17, 15) is 4.79 Å². The van der Waals surface area contributed by atoms with E-state index < -0.39 is 0 Å². The fraction of sp³-hybridized carbons (Fsp3) is 0.818. The molecule has 0 aromatic heterocycles. The van der Waals surface area contributed by atoms with Crippen molar-refractivity contribution in [1.29, 1.82) is 5.26 Å². The lowest BCUT2D eigenvalue weighted by Crippen LogP contribution is -2.39. The number of carbonyl (C=O) groups excluding carboxylic acids is 1. The van der Waals surface area contributed by atoms with Gasteiger partial charge in [-0.1, -0.05) is 6.92 Å². The Labute approximate surface area is 92.3 Å². The molecule has 2 unspecified atom stereocenters. The predicted molar refractivity (Wildman–Crippen MR) is 60.2 cm³/mol. The van der Waals surface area contributed by atoms with Gasteiger partial charge in [0, 0.05) is 25.6 Å². The molecule has 0 radical (unpaired) electrons. The minimum absolute atomic E-state index is 0.00340. The molecule has 0 aliphatic rings. The van der Waals surface area contributed by atoms with Gasteiger partial charge in [-0.3, -0.25) is 4.79 Å². The van der Waals surface area contributed by atoms with E-state index >= 15 is 0 Å². The molecule has 15 heavy (non-hydrogen) atoms. The average molecular weight is 211 g/mol. The summed E-state index contributed by atoms with van der Waals surface area (Å²) in [5, 5.41) is 11.7. The Bertz CT molecular complexity index is 234. The van der Waals surface area contributed by atoms with E-state index in [4.69, 9.17) is 5.26 Å². The van der Waals surface area contributed by atoms with Crippen LogP contribution in [0.15, 0.2) is 0 Å². The molecule has 0 aromatic carbocycles. The summed E-state index contributed by atoms with van der Waals surface area (Å²) in [4.78, 5) is 13.4. The van der Waals surface area contributed by atoms with Crippen LogP contribution in [-0.4, -0.2) is 36.5 Å². The summed E-state index contributed by atoms with van der Waals surface area (Å²) in [5.74, 6) is 0.0891. The zero-order valence-corrected chi connectivity index (χ0v) is 10.1. The summed E-state index contributed by atoms with van der Waals surface area (Å²) < 4.78 is 0. The number of carbonyl (C=O) groups is 1. The number of hydrogen-bond acceptors (Lipinski definition) is 3. The maximum Gasteiger partial charge on any atom is 0.224 e. The maximum atomic E-state index is 11.7. The van der Waals surface area contributed by atoms with E-state index in [2.05, 4.69) is 11.4 Å². The first-order valence-corrected chi connectivity index (χ1v) is 5.38. The molecule has 1 N–H and O–H groups in total. The van der Waals surface area contributed by atoms with Crippen molar-refractivity contribution in [2.45, 2.75) is 45.7 Å². The van der Waals surface area contributed by atoms with Crippen molar-refractivity contribution in [3.63, 3.8) is 0 Å². The van der Waals surface area contributed by atoms with Crippen LogP contribution in [0, 0.1) is 11.3 Å². The normalized spacial score (nSPS) is 14.1. The molecular formula is C11H21N3O. The van der Waals surface area contributed by atoms with Gasteiger partial charge in [-0.25, -0.2) is 0 Å². The van der Waals surface area contributed by atoms with Gasteiger partial charge in [-0.15, -0.1) is 0 Å². The van der Waals surface area contributed by atoms with Crippen molar-refractivity contribution in [3.8, 4) is 6.07 Å². The van der Waals surface area contributed by atoms with Gasteiger partial charge >= 0.3 is 0 Å². The van der Waals surface area contributed by atoms with Crippen LogP contribution in [-0.2, 0) is 4.79 Å². The Balaban J connectivity index is 4.04. The third-order valence-corrected chi connectivity index (χ3v) is 2.47.